The second-order valence-electron chi connectivity index (χ2n) is 10.2. The van der Waals surface area contributed by atoms with Crippen LogP contribution >= 0.6 is 0 Å². The summed E-state index contributed by atoms with van der Waals surface area (Å²) in [6.07, 6.45) is 3.79. The number of nitrogens with zero attached hydrogens (tertiary/aromatic N) is 3. The second-order valence-corrected chi connectivity index (χ2v) is 10.2. The molecule has 1 aromatic heterocycles. The van der Waals surface area contributed by atoms with E-state index in [1.165, 1.54) is 22.9 Å². The first-order valence-corrected chi connectivity index (χ1v) is 13.2. The summed E-state index contributed by atoms with van der Waals surface area (Å²) >= 11 is 0. The Labute approximate surface area is 231 Å². The largest absolute Gasteiger partial charge is 0.326 e. The van der Waals surface area contributed by atoms with Crippen LogP contribution in [0.5, 0.6) is 0 Å². The lowest BCUT2D eigenvalue weighted by Gasteiger charge is -2.32. The van der Waals surface area contributed by atoms with Gasteiger partial charge < -0.3 is 16.8 Å². The van der Waals surface area contributed by atoms with Crippen molar-refractivity contribution >= 4 is 11.6 Å². The molecule has 1 aliphatic rings. The van der Waals surface area contributed by atoms with Crippen molar-refractivity contribution in [1.29, 1.82) is 5.26 Å². The Morgan fingerprint density at radius 2 is 1.88 bits per heavy atom. The van der Waals surface area contributed by atoms with Gasteiger partial charge in [-0.1, -0.05) is 43.2 Å². The maximum Gasteiger partial charge on any atom is 0.274 e. The van der Waals surface area contributed by atoms with Crippen LogP contribution in [-0.4, -0.2) is 15.7 Å². The maximum atomic E-state index is 15.1. The van der Waals surface area contributed by atoms with Crippen LogP contribution in [0.4, 0.5) is 14.5 Å². The first-order valence-electron chi connectivity index (χ1n) is 13.2. The molecule has 3 aromatic carbocycles. The SMILES string of the molecule is N#Cc1cccc(C(N)(CCC2CC2)c2ccc(F)c(NC(=O)c3cc(CF)nn3-c3cccc(CN)c3)c2)c1. The topological polar surface area (TPSA) is 123 Å². The molecule has 0 radical (unpaired) electrons. The first kappa shape index (κ1) is 27.2. The average molecular weight is 541 g/mol. The number of rotatable bonds is 10. The predicted molar refractivity (Wildman–Crippen MR) is 149 cm³/mol. The number of amides is 1. The standard InChI is InChI=1S/C31H30F2N6O/c32-17-25-16-29(39(38-25)26-6-2-4-22(14-26)19-35)30(40)37-28-15-24(9-10-27(28)33)31(36,12-11-20-7-8-20)23-5-1-3-21(13-23)18-34/h1-6,9-10,13-16,20H,7-8,11-12,17,19,35-36H2,(H,37,40). The van der Waals surface area contributed by atoms with E-state index >= 15 is 4.39 Å². The molecule has 1 fully saturated rings. The van der Waals surface area contributed by atoms with E-state index < -0.39 is 23.9 Å². The highest BCUT2D eigenvalue weighted by Crippen LogP contribution is 2.40. The van der Waals surface area contributed by atoms with Gasteiger partial charge in [0.05, 0.1) is 34.2 Å². The highest BCUT2D eigenvalue weighted by Gasteiger charge is 2.34. The van der Waals surface area contributed by atoms with Crippen molar-refractivity contribution in [3.05, 3.63) is 112 Å². The van der Waals surface area contributed by atoms with Crippen LogP contribution in [0.25, 0.3) is 5.69 Å². The van der Waals surface area contributed by atoms with E-state index in [-0.39, 0.29) is 23.6 Å². The average Bonchev–Trinajstić information content (AvgIpc) is 3.72. The lowest BCUT2D eigenvalue weighted by molar-refractivity contribution is 0.101. The summed E-state index contributed by atoms with van der Waals surface area (Å²) in [5.41, 5.74) is 15.0. The van der Waals surface area contributed by atoms with Gasteiger partial charge in [0.2, 0.25) is 0 Å². The molecule has 9 heteroatoms. The van der Waals surface area contributed by atoms with Crippen molar-refractivity contribution in [1.82, 2.24) is 9.78 Å². The number of carbonyl (C=O) groups excluding carboxylic acids is 1. The van der Waals surface area contributed by atoms with Gasteiger partial charge in [0.1, 0.15) is 18.2 Å². The Bertz CT molecular complexity index is 1590. The molecule has 1 heterocycles. The van der Waals surface area contributed by atoms with Crippen molar-refractivity contribution in [2.75, 3.05) is 5.32 Å². The molecule has 1 atom stereocenters. The monoisotopic (exact) mass is 540 g/mol. The van der Waals surface area contributed by atoms with Crippen LogP contribution in [0.15, 0.2) is 72.8 Å². The number of nitriles is 1. The quantitative estimate of drug-likeness (QED) is 0.247. The summed E-state index contributed by atoms with van der Waals surface area (Å²) in [5.74, 6) is -0.702. The van der Waals surface area contributed by atoms with Gasteiger partial charge in [-0.15, -0.1) is 0 Å². The number of anilines is 1. The van der Waals surface area contributed by atoms with Crippen molar-refractivity contribution in [3.8, 4) is 11.8 Å². The molecule has 1 amide bonds. The Kier molecular flexibility index (Phi) is 7.74. The number of hydrogen-bond donors (Lipinski definition) is 3. The van der Waals surface area contributed by atoms with Crippen molar-refractivity contribution in [2.45, 2.75) is 44.4 Å². The molecule has 204 valence electrons. The second kappa shape index (κ2) is 11.4. The normalized spacial score (nSPS) is 14.4. The Balaban J connectivity index is 1.50. The molecule has 5 N–H and O–H groups in total. The Hall–Kier alpha value is -4.39. The van der Waals surface area contributed by atoms with Gasteiger partial charge in [-0.3, -0.25) is 4.79 Å². The predicted octanol–water partition coefficient (Wildman–Crippen LogP) is 5.46. The summed E-state index contributed by atoms with van der Waals surface area (Å²) in [4.78, 5) is 13.4. The molecule has 7 nitrogen and oxygen atoms in total. The maximum absolute atomic E-state index is 15.1. The fourth-order valence-corrected chi connectivity index (χ4v) is 4.91. The zero-order chi connectivity index (χ0) is 28.3. The summed E-state index contributed by atoms with van der Waals surface area (Å²) in [5, 5.41) is 16.3. The van der Waals surface area contributed by atoms with Crippen LogP contribution in [0.1, 0.15) is 64.1 Å². The molecule has 1 unspecified atom stereocenters. The molecule has 1 saturated carbocycles. The van der Waals surface area contributed by atoms with Crippen molar-refractivity contribution < 1.29 is 13.6 Å². The van der Waals surface area contributed by atoms with Crippen LogP contribution in [0.2, 0.25) is 0 Å². The summed E-state index contributed by atoms with van der Waals surface area (Å²) < 4.78 is 29.9. The van der Waals surface area contributed by atoms with Gasteiger partial charge in [0.15, 0.2) is 0 Å². The van der Waals surface area contributed by atoms with Crippen molar-refractivity contribution in [2.24, 2.45) is 17.4 Å². The van der Waals surface area contributed by atoms with E-state index in [9.17, 15) is 14.4 Å². The first-order chi connectivity index (χ1) is 19.3. The van der Waals surface area contributed by atoms with Gasteiger partial charge in [-0.25, -0.2) is 13.5 Å². The minimum atomic E-state index is -1.01. The van der Waals surface area contributed by atoms with E-state index in [1.54, 1.807) is 42.5 Å². The third-order valence-electron chi connectivity index (χ3n) is 7.40. The number of aromatic nitrogens is 2. The van der Waals surface area contributed by atoms with E-state index in [0.29, 0.717) is 29.2 Å². The van der Waals surface area contributed by atoms with Crippen LogP contribution < -0.4 is 16.8 Å². The lowest BCUT2D eigenvalue weighted by atomic mass is 9.79. The van der Waals surface area contributed by atoms with Crippen LogP contribution in [-0.2, 0) is 18.8 Å². The summed E-state index contributed by atoms with van der Waals surface area (Å²) in [6, 6.07) is 22.1. The molecule has 1 aliphatic carbocycles. The van der Waals surface area contributed by atoms with E-state index in [4.69, 9.17) is 11.5 Å². The minimum Gasteiger partial charge on any atom is -0.326 e. The number of halogens is 2. The molecule has 0 saturated heterocycles. The van der Waals surface area contributed by atoms with Gasteiger partial charge in [-0.2, -0.15) is 10.4 Å². The Morgan fingerprint density at radius 3 is 2.60 bits per heavy atom. The smallest absolute Gasteiger partial charge is 0.274 e. The zero-order valence-electron chi connectivity index (χ0n) is 21.9. The Morgan fingerprint density at radius 1 is 1.10 bits per heavy atom. The lowest BCUT2D eigenvalue weighted by Crippen LogP contribution is -2.38. The number of nitrogens with one attached hydrogen (secondary N) is 1. The van der Waals surface area contributed by atoms with E-state index in [0.717, 1.165) is 30.4 Å². The number of carbonyl (C=O) groups is 1. The number of alkyl halides is 1. The fraction of sp³-hybridized carbons (Fsp3) is 0.258. The molecule has 0 aliphatic heterocycles. The zero-order valence-corrected chi connectivity index (χ0v) is 21.9. The highest BCUT2D eigenvalue weighted by molar-refractivity contribution is 6.03. The van der Waals surface area contributed by atoms with Gasteiger partial charge in [0, 0.05) is 6.54 Å². The summed E-state index contributed by atoms with van der Waals surface area (Å²) in [6.45, 7) is -0.588. The molecular weight excluding hydrogens is 510 g/mol. The number of nitrogens with two attached hydrogens (primary N) is 2. The molecule has 5 rings (SSSR count). The minimum absolute atomic E-state index is 0.0427. The highest BCUT2D eigenvalue weighted by atomic mass is 19.1. The van der Waals surface area contributed by atoms with Gasteiger partial charge >= 0.3 is 0 Å². The number of hydrogen-bond acceptors (Lipinski definition) is 5. The molecule has 4 aromatic rings. The summed E-state index contributed by atoms with van der Waals surface area (Å²) in [7, 11) is 0. The van der Waals surface area contributed by atoms with E-state index in [1.807, 2.05) is 12.1 Å². The van der Waals surface area contributed by atoms with Crippen molar-refractivity contribution in [3.63, 3.8) is 0 Å². The van der Waals surface area contributed by atoms with E-state index in [2.05, 4.69) is 16.5 Å². The number of benzene rings is 3. The van der Waals surface area contributed by atoms with Gasteiger partial charge in [0.25, 0.3) is 5.91 Å². The fourth-order valence-electron chi connectivity index (χ4n) is 4.91. The third kappa shape index (κ3) is 5.64. The molecule has 40 heavy (non-hydrogen) atoms. The van der Waals surface area contributed by atoms with Crippen LogP contribution in [0, 0.1) is 23.1 Å². The molecule has 0 bridgehead atoms. The molecule has 0 spiro atoms. The van der Waals surface area contributed by atoms with Crippen LogP contribution in [0.3, 0.4) is 0 Å². The third-order valence-corrected chi connectivity index (χ3v) is 7.40. The van der Waals surface area contributed by atoms with Gasteiger partial charge in [-0.05, 0) is 77.9 Å². The molecular formula is C31H30F2N6O.